The summed E-state index contributed by atoms with van der Waals surface area (Å²) in [6, 6.07) is 0.281. The molecule has 86 valence electrons. The van der Waals surface area contributed by atoms with E-state index in [0.29, 0.717) is 5.92 Å². The molecule has 1 fully saturated rings. The van der Waals surface area contributed by atoms with Crippen molar-refractivity contribution in [1.82, 2.24) is 5.32 Å². The van der Waals surface area contributed by atoms with E-state index in [1.807, 2.05) is 6.08 Å². The fraction of sp³-hybridized carbons (Fsp3) is 0.846. The Kier molecular flexibility index (Phi) is 3.47. The van der Waals surface area contributed by atoms with Gasteiger partial charge in [-0.15, -0.1) is 0 Å². The highest BCUT2D eigenvalue weighted by atomic mass is 16.3. The molecule has 0 radical (unpaired) electrons. The van der Waals surface area contributed by atoms with Crippen LogP contribution >= 0.6 is 0 Å². The van der Waals surface area contributed by atoms with Gasteiger partial charge in [0.15, 0.2) is 0 Å². The number of aliphatic hydroxyl groups is 1. The van der Waals surface area contributed by atoms with Crippen LogP contribution in [0.5, 0.6) is 0 Å². The van der Waals surface area contributed by atoms with Crippen molar-refractivity contribution in [3.63, 3.8) is 0 Å². The molecule has 2 nitrogen and oxygen atoms in total. The van der Waals surface area contributed by atoms with E-state index in [9.17, 15) is 5.11 Å². The molecule has 1 saturated heterocycles. The fourth-order valence-electron chi connectivity index (χ4n) is 2.72. The molecule has 0 saturated carbocycles. The second-order valence-corrected chi connectivity index (χ2v) is 5.22. The molecule has 1 aliphatic carbocycles. The number of allylic oxidation sites excluding steroid dienone is 1. The van der Waals surface area contributed by atoms with Crippen LogP contribution in [-0.2, 0) is 0 Å². The minimum Gasteiger partial charge on any atom is -0.384 e. The summed E-state index contributed by atoms with van der Waals surface area (Å²) in [5.41, 5.74) is -0.573. The average molecular weight is 209 g/mol. The van der Waals surface area contributed by atoms with Gasteiger partial charge in [-0.3, -0.25) is 0 Å². The largest absolute Gasteiger partial charge is 0.384 e. The zero-order chi connectivity index (χ0) is 10.7. The molecule has 2 N–H and O–H groups in total. The van der Waals surface area contributed by atoms with Crippen molar-refractivity contribution >= 4 is 0 Å². The minimum atomic E-state index is -0.573. The van der Waals surface area contributed by atoms with Gasteiger partial charge in [0.1, 0.15) is 0 Å². The van der Waals surface area contributed by atoms with Crippen molar-refractivity contribution in [3.8, 4) is 0 Å². The lowest BCUT2D eigenvalue weighted by molar-refractivity contribution is 0.0284. The lowest BCUT2D eigenvalue weighted by Crippen LogP contribution is -2.50. The first-order valence-electron chi connectivity index (χ1n) is 6.36. The Labute approximate surface area is 92.8 Å². The van der Waals surface area contributed by atoms with Crippen LogP contribution in [0.4, 0.5) is 0 Å². The van der Waals surface area contributed by atoms with Crippen LogP contribution in [0.2, 0.25) is 0 Å². The van der Waals surface area contributed by atoms with Gasteiger partial charge >= 0.3 is 0 Å². The SMILES string of the molecule is CC1C=CC(O)(C2CCCCCN2)CC1. The Morgan fingerprint density at radius 1 is 1.27 bits per heavy atom. The van der Waals surface area contributed by atoms with Gasteiger partial charge in [-0.2, -0.15) is 0 Å². The number of hydrogen-bond acceptors (Lipinski definition) is 2. The summed E-state index contributed by atoms with van der Waals surface area (Å²) in [5, 5.41) is 14.1. The summed E-state index contributed by atoms with van der Waals surface area (Å²) >= 11 is 0. The van der Waals surface area contributed by atoms with E-state index in [2.05, 4.69) is 18.3 Å². The van der Waals surface area contributed by atoms with E-state index in [1.165, 1.54) is 19.3 Å². The predicted octanol–water partition coefficient (Wildman–Crippen LogP) is 2.24. The molecule has 0 amide bonds. The van der Waals surface area contributed by atoms with E-state index >= 15 is 0 Å². The molecule has 0 aromatic heterocycles. The van der Waals surface area contributed by atoms with Crippen molar-refractivity contribution in [3.05, 3.63) is 12.2 Å². The fourth-order valence-corrected chi connectivity index (χ4v) is 2.72. The summed E-state index contributed by atoms with van der Waals surface area (Å²) in [4.78, 5) is 0. The lowest BCUT2D eigenvalue weighted by Gasteiger charge is -2.37. The first-order chi connectivity index (χ1) is 7.21. The van der Waals surface area contributed by atoms with Gasteiger partial charge < -0.3 is 10.4 Å². The highest BCUT2D eigenvalue weighted by molar-refractivity contribution is 5.12. The third kappa shape index (κ3) is 2.61. The molecule has 2 rings (SSSR count). The van der Waals surface area contributed by atoms with Crippen molar-refractivity contribution in [1.29, 1.82) is 0 Å². The third-order valence-corrected chi connectivity index (χ3v) is 3.88. The van der Waals surface area contributed by atoms with Gasteiger partial charge in [-0.1, -0.05) is 31.9 Å². The molecule has 0 bridgehead atoms. The molecule has 0 spiro atoms. The van der Waals surface area contributed by atoms with Crippen molar-refractivity contribution in [2.75, 3.05) is 6.54 Å². The molecule has 1 aliphatic heterocycles. The summed E-state index contributed by atoms with van der Waals surface area (Å²) < 4.78 is 0. The monoisotopic (exact) mass is 209 g/mol. The Morgan fingerprint density at radius 2 is 2.13 bits per heavy atom. The number of hydrogen-bond donors (Lipinski definition) is 2. The van der Waals surface area contributed by atoms with Crippen LogP contribution in [0.1, 0.15) is 45.4 Å². The van der Waals surface area contributed by atoms with Crippen molar-refractivity contribution in [2.45, 2.75) is 57.1 Å². The highest BCUT2D eigenvalue weighted by Gasteiger charge is 2.36. The zero-order valence-corrected chi connectivity index (χ0v) is 9.71. The van der Waals surface area contributed by atoms with Gasteiger partial charge in [0.05, 0.1) is 5.60 Å². The van der Waals surface area contributed by atoms with Crippen LogP contribution in [0.25, 0.3) is 0 Å². The predicted molar refractivity (Wildman–Crippen MR) is 62.7 cm³/mol. The molecule has 3 atom stereocenters. The maximum atomic E-state index is 10.6. The van der Waals surface area contributed by atoms with E-state index in [0.717, 1.165) is 25.8 Å². The van der Waals surface area contributed by atoms with Crippen LogP contribution in [0.15, 0.2) is 12.2 Å². The average Bonchev–Trinajstić information content (AvgIpc) is 2.51. The van der Waals surface area contributed by atoms with Gasteiger partial charge in [-0.25, -0.2) is 0 Å². The zero-order valence-electron chi connectivity index (χ0n) is 9.71. The van der Waals surface area contributed by atoms with Gasteiger partial charge in [0.25, 0.3) is 0 Å². The molecule has 0 aromatic rings. The molecule has 2 heteroatoms. The minimum absolute atomic E-state index is 0.281. The van der Waals surface area contributed by atoms with Crippen molar-refractivity contribution in [2.24, 2.45) is 5.92 Å². The summed E-state index contributed by atoms with van der Waals surface area (Å²) in [6.45, 7) is 3.28. The lowest BCUT2D eigenvalue weighted by atomic mass is 9.79. The summed E-state index contributed by atoms with van der Waals surface area (Å²) in [7, 11) is 0. The normalized spacial score (nSPS) is 42.5. The first-order valence-corrected chi connectivity index (χ1v) is 6.36. The van der Waals surface area contributed by atoms with Gasteiger partial charge in [0, 0.05) is 6.04 Å². The topological polar surface area (TPSA) is 32.3 Å². The van der Waals surface area contributed by atoms with Crippen LogP contribution in [0.3, 0.4) is 0 Å². The van der Waals surface area contributed by atoms with Crippen LogP contribution in [-0.4, -0.2) is 23.3 Å². The molecule has 15 heavy (non-hydrogen) atoms. The summed E-state index contributed by atoms with van der Waals surface area (Å²) in [5.74, 6) is 0.635. The molecule has 3 unspecified atom stereocenters. The third-order valence-electron chi connectivity index (χ3n) is 3.88. The number of rotatable bonds is 1. The standard InChI is InChI=1S/C13H23NO/c1-11-6-8-13(15,9-7-11)12-5-3-2-4-10-14-12/h6,8,11-12,14-15H,2-5,7,9-10H2,1H3. The highest BCUT2D eigenvalue weighted by Crippen LogP contribution is 2.31. The van der Waals surface area contributed by atoms with Gasteiger partial charge in [-0.05, 0) is 38.1 Å². The molecular formula is C13H23NO. The van der Waals surface area contributed by atoms with Crippen molar-refractivity contribution < 1.29 is 5.11 Å². The number of nitrogens with one attached hydrogen (secondary N) is 1. The Balaban J connectivity index is 2.03. The quantitative estimate of drug-likeness (QED) is 0.649. The second-order valence-electron chi connectivity index (χ2n) is 5.22. The van der Waals surface area contributed by atoms with E-state index < -0.39 is 5.60 Å². The molecule has 1 heterocycles. The molecule has 2 aliphatic rings. The smallest absolute Gasteiger partial charge is 0.0980 e. The van der Waals surface area contributed by atoms with E-state index in [4.69, 9.17) is 0 Å². The van der Waals surface area contributed by atoms with Crippen LogP contribution < -0.4 is 5.32 Å². The second kappa shape index (κ2) is 4.67. The van der Waals surface area contributed by atoms with E-state index in [-0.39, 0.29) is 6.04 Å². The molecular weight excluding hydrogens is 186 g/mol. The maximum Gasteiger partial charge on any atom is 0.0980 e. The molecule has 0 aromatic carbocycles. The van der Waals surface area contributed by atoms with E-state index in [1.54, 1.807) is 0 Å². The first kappa shape index (κ1) is 11.2. The van der Waals surface area contributed by atoms with Crippen LogP contribution in [0, 0.1) is 5.92 Å². The Bertz CT molecular complexity index is 231. The van der Waals surface area contributed by atoms with Gasteiger partial charge in [0.2, 0.25) is 0 Å². The Hall–Kier alpha value is -0.340. The summed E-state index contributed by atoms with van der Waals surface area (Å²) in [6.07, 6.45) is 11.2. The maximum absolute atomic E-state index is 10.6. The Morgan fingerprint density at radius 3 is 2.87 bits per heavy atom.